The Bertz CT molecular complexity index is 406. The predicted molar refractivity (Wildman–Crippen MR) is 56.0 cm³/mol. The number of thiol groups is 1. The molecule has 0 unspecified atom stereocenters. The van der Waals surface area contributed by atoms with Gasteiger partial charge in [-0.15, -0.1) is 12.6 Å². The number of imidazole rings is 1. The largest absolute Gasteiger partial charge is 0.341 e. The van der Waals surface area contributed by atoms with Gasteiger partial charge in [-0.3, -0.25) is 0 Å². The van der Waals surface area contributed by atoms with E-state index in [1.54, 1.807) is 0 Å². The summed E-state index contributed by atoms with van der Waals surface area (Å²) < 4.78 is 0. The molecule has 2 aromatic rings. The number of H-pyrrole nitrogens is 1. The second kappa shape index (κ2) is 3.26. The summed E-state index contributed by atoms with van der Waals surface area (Å²) in [6.45, 7) is 1.92. The first kappa shape index (κ1) is 8.38. The summed E-state index contributed by atoms with van der Waals surface area (Å²) in [5.41, 5.74) is 2.11. The maximum absolute atomic E-state index is 4.29. The van der Waals surface area contributed by atoms with E-state index in [1.165, 1.54) is 0 Å². The predicted octanol–water partition coefficient (Wildman–Crippen LogP) is 2.67. The molecule has 1 aromatic heterocycles. The van der Waals surface area contributed by atoms with Gasteiger partial charge in [0.05, 0.1) is 5.69 Å². The van der Waals surface area contributed by atoms with Gasteiger partial charge in [-0.25, -0.2) is 4.98 Å². The summed E-state index contributed by atoms with van der Waals surface area (Å²) in [5, 5.41) is 0.753. The molecule has 0 saturated carbocycles. The smallest absolute Gasteiger partial charge is 0.119 e. The van der Waals surface area contributed by atoms with E-state index in [1.807, 2.05) is 37.3 Å². The molecule has 66 valence electrons. The lowest BCUT2D eigenvalue weighted by atomic mass is 10.2. The van der Waals surface area contributed by atoms with Crippen LogP contribution in [0.25, 0.3) is 11.3 Å². The van der Waals surface area contributed by atoms with Crippen molar-refractivity contribution in [1.82, 2.24) is 9.97 Å². The molecule has 13 heavy (non-hydrogen) atoms. The van der Waals surface area contributed by atoms with Gasteiger partial charge in [0.25, 0.3) is 0 Å². The van der Waals surface area contributed by atoms with E-state index in [4.69, 9.17) is 0 Å². The van der Waals surface area contributed by atoms with Crippen molar-refractivity contribution in [3.63, 3.8) is 0 Å². The van der Waals surface area contributed by atoms with Crippen LogP contribution in [0, 0.1) is 6.92 Å². The highest BCUT2D eigenvalue weighted by molar-refractivity contribution is 7.80. The molecule has 2 rings (SSSR count). The molecule has 1 N–H and O–H groups in total. The summed E-state index contributed by atoms with van der Waals surface area (Å²) in [4.78, 5) is 7.37. The molecule has 1 aromatic carbocycles. The lowest BCUT2D eigenvalue weighted by Gasteiger charge is -1.96. The summed E-state index contributed by atoms with van der Waals surface area (Å²) in [6, 6.07) is 10.1. The third kappa shape index (κ3) is 1.60. The number of hydrogen-bond donors (Lipinski definition) is 2. The van der Waals surface area contributed by atoms with Crippen LogP contribution in [0.15, 0.2) is 35.4 Å². The fraction of sp³-hybridized carbons (Fsp3) is 0.100. The van der Waals surface area contributed by atoms with E-state index >= 15 is 0 Å². The molecule has 0 atom stereocenters. The number of nitrogens with one attached hydrogen (secondary N) is 1. The average molecular weight is 190 g/mol. The van der Waals surface area contributed by atoms with E-state index in [2.05, 4.69) is 22.6 Å². The fourth-order valence-corrected chi connectivity index (χ4v) is 1.62. The number of hydrogen-bond acceptors (Lipinski definition) is 2. The van der Waals surface area contributed by atoms with Crippen LogP contribution in [0.5, 0.6) is 0 Å². The lowest BCUT2D eigenvalue weighted by molar-refractivity contribution is 1.10. The van der Waals surface area contributed by atoms with E-state index in [9.17, 15) is 0 Å². The Morgan fingerprint density at radius 3 is 2.46 bits per heavy atom. The van der Waals surface area contributed by atoms with Crippen molar-refractivity contribution in [2.45, 2.75) is 11.9 Å². The van der Waals surface area contributed by atoms with Crippen LogP contribution in [0.4, 0.5) is 0 Å². The first-order valence-corrected chi connectivity index (χ1v) is 4.53. The van der Waals surface area contributed by atoms with E-state index < -0.39 is 0 Å². The fourth-order valence-electron chi connectivity index (χ4n) is 1.29. The van der Waals surface area contributed by atoms with Crippen LogP contribution < -0.4 is 0 Å². The van der Waals surface area contributed by atoms with Gasteiger partial charge in [0.15, 0.2) is 0 Å². The molecule has 0 amide bonds. The summed E-state index contributed by atoms with van der Waals surface area (Å²) >= 11 is 4.29. The second-order valence-electron chi connectivity index (χ2n) is 2.89. The lowest BCUT2D eigenvalue weighted by Crippen LogP contribution is -1.77. The molecule has 0 radical (unpaired) electrons. The van der Waals surface area contributed by atoms with Gasteiger partial charge in [-0.05, 0) is 6.92 Å². The first-order chi connectivity index (χ1) is 6.27. The van der Waals surface area contributed by atoms with Crippen molar-refractivity contribution >= 4 is 12.6 Å². The number of aromatic nitrogens is 2. The number of rotatable bonds is 1. The van der Waals surface area contributed by atoms with Crippen LogP contribution in [0.1, 0.15) is 5.82 Å². The summed E-state index contributed by atoms with van der Waals surface area (Å²) in [5.74, 6) is 0.892. The first-order valence-electron chi connectivity index (χ1n) is 4.08. The van der Waals surface area contributed by atoms with Crippen molar-refractivity contribution in [1.29, 1.82) is 0 Å². The molecular weight excluding hydrogens is 180 g/mol. The minimum Gasteiger partial charge on any atom is -0.341 e. The van der Waals surface area contributed by atoms with Crippen LogP contribution >= 0.6 is 12.6 Å². The van der Waals surface area contributed by atoms with E-state index in [-0.39, 0.29) is 0 Å². The maximum atomic E-state index is 4.29. The zero-order valence-electron chi connectivity index (χ0n) is 7.28. The number of aryl methyl sites for hydroxylation is 1. The molecule has 3 heteroatoms. The van der Waals surface area contributed by atoms with Gasteiger partial charge in [0.1, 0.15) is 10.9 Å². The van der Waals surface area contributed by atoms with Crippen LogP contribution in [-0.2, 0) is 0 Å². The SMILES string of the molecule is Cc1nc(S)c(-c2ccccc2)[nH]1. The van der Waals surface area contributed by atoms with E-state index in [0.29, 0.717) is 0 Å². The third-order valence-electron chi connectivity index (χ3n) is 1.87. The molecule has 2 nitrogen and oxygen atoms in total. The van der Waals surface area contributed by atoms with Gasteiger partial charge in [0, 0.05) is 5.56 Å². The normalized spacial score (nSPS) is 10.3. The minimum absolute atomic E-state index is 0.753. The van der Waals surface area contributed by atoms with Crippen LogP contribution in [0.2, 0.25) is 0 Å². The van der Waals surface area contributed by atoms with Crippen molar-refractivity contribution in [2.75, 3.05) is 0 Å². The Morgan fingerprint density at radius 2 is 1.92 bits per heavy atom. The maximum Gasteiger partial charge on any atom is 0.119 e. The standard InChI is InChI=1S/C10H10N2S/c1-7-11-9(10(13)12-7)8-5-3-2-4-6-8/h2-6,13H,1H3,(H,11,12). The number of aromatic amines is 1. The van der Waals surface area contributed by atoms with Crippen molar-refractivity contribution in [3.8, 4) is 11.3 Å². The molecule has 0 aliphatic heterocycles. The van der Waals surface area contributed by atoms with Gasteiger partial charge >= 0.3 is 0 Å². The van der Waals surface area contributed by atoms with Crippen molar-refractivity contribution in [2.24, 2.45) is 0 Å². The second-order valence-corrected chi connectivity index (χ2v) is 3.31. The zero-order valence-corrected chi connectivity index (χ0v) is 8.18. The van der Waals surface area contributed by atoms with Gasteiger partial charge in [0.2, 0.25) is 0 Å². The Labute approximate surface area is 82.4 Å². The Morgan fingerprint density at radius 1 is 1.23 bits per heavy atom. The summed E-state index contributed by atoms with van der Waals surface area (Å²) in [7, 11) is 0. The number of benzene rings is 1. The Balaban J connectivity index is 2.53. The molecule has 0 spiro atoms. The molecule has 0 aliphatic carbocycles. The monoisotopic (exact) mass is 190 g/mol. The highest BCUT2D eigenvalue weighted by Crippen LogP contribution is 2.23. The highest BCUT2D eigenvalue weighted by Gasteiger charge is 2.05. The molecule has 1 heterocycles. The highest BCUT2D eigenvalue weighted by atomic mass is 32.1. The van der Waals surface area contributed by atoms with Crippen molar-refractivity contribution < 1.29 is 0 Å². The zero-order chi connectivity index (χ0) is 9.26. The Kier molecular flexibility index (Phi) is 2.10. The molecular formula is C10H10N2S. The van der Waals surface area contributed by atoms with Gasteiger partial charge < -0.3 is 4.98 Å². The molecule has 0 fully saturated rings. The van der Waals surface area contributed by atoms with E-state index in [0.717, 1.165) is 22.1 Å². The topological polar surface area (TPSA) is 28.7 Å². The van der Waals surface area contributed by atoms with Crippen LogP contribution in [-0.4, -0.2) is 9.97 Å². The van der Waals surface area contributed by atoms with Crippen LogP contribution in [0.3, 0.4) is 0 Å². The molecule has 0 saturated heterocycles. The summed E-state index contributed by atoms with van der Waals surface area (Å²) in [6.07, 6.45) is 0. The van der Waals surface area contributed by atoms with Gasteiger partial charge in [-0.1, -0.05) is 30.3 Å². The number of nitrogens with zero attached hydrogens (tertiary/aromatic N) is 1. The third-order valence-corrected chi connectivity index (χ3v) is 2.19. The Hall–Kier alpha value is -1.22. The molecule has 0 aliphatic rings. The van der Waals surface area contributed by atoms with Gasteiger partial charge in [-0.2, -0.15) is 0 Å². The minimum atomic E-state index is 0.753. The average Bonchev–Trinajstić information content (AvgIpc) is 2.47. The quantitative estimate of drug-likeness (QED) is 0.665. The van der Waals surface area contributed by atoms with Crippen molar-refractivity contribution in [3.05, 3.63) is 36.2 Å². The molecule has 0 bridgehead atoms.